The summed E-state index contributed by atoms with van der Waals surface area (Å²) < 4.78 is 27.7. The number of carbonyl (C=O) groups excluding carboxylic acids is 1. The lowest BCUT2D eigenvalue weighted by molar-refractivity contribution is -0.123. The predicted molar refractivity (Wildman–Crippen MR) is 116 cm³/mol. The molecule has 9 nitrogen and oxygen atoms in total. The maximum absolute atomic E-state index is 13.1. The number of hydrogen-bond acceptors (Lipinski definition) is 6. The minimum absolute atomic E-state index is 0.161. The Bertz CT molecular complexity index is 1180. The summed E-state index contributed by atoms with van der Waals surface area (Å²) in [6.45, 7) is 2.80. The van der Waals surface area contributed by atoms with Gasteiger partial charge in [0.1, 0.15) is 11.0 Å². The molecule has 1 saturated heterocycles. The maximum Gasteiger partial charge on any atom is 0.267 e. The van der Waals surface area contributed by atoms with E-state index in [9.17, 15) is 13.2 Å². The Morgan fingerprint density at radius 1 is 1.23 bits per heavy atom. The second kappa shape index (κ2) is 8.64. The topological polar surface area (TPSA) is 97.6 Å². The van der Waals surface area contributed by atoms with Crippen molar-refractivity contribution in [3.63, 3.8) is 0 Å². The first-order chi connectivity index (χ1) is 14.9. The summed E-state index contributed by atoms with van der Waals surface area (Å²) in [5.41, 5.74) is 1.61. The van der Waals surface area contributed by atoms with Crippen molar-refractivity contribution in [3.8, 4) is 0 Å². The lowest BCUT2D eigenvalue weighted by Gasteiger charge is -2.30. The highest BCUT2D eigenvalue weighted by atomic mass is 32.2. The standard InChI is InChI=1S/C21H25N5O4S/c1-16-7-6-12-25(14-16)31(28,29)18-10-11-19-20(13-18)26(23-22-19)30-15-21(27)24(2)17-8-4-3-5-9-17/h3-5,8-11,13,16H,6-7,12,14-15H2,1-2H3. The van der Waals surface area contributed by atoms with E-state index in [1.165, 1.54) is 21.3 Å². The third-order valence-electron chi connectivity index (χ3n) is 5.47. The number of aromatic nitrogens is 3. The Kier molecular flexibility index (Phi) is 5.92. The van der Waals surface area contributed by atoms with Crippen LogP contribution in [0.15, 0.2) is 53.4 Å². The lowest BCUT2D eigenvalue weighted by atomic mass is 10.0. The molecule has 31 heavy (non-hydrogen) atoms. The molecule has 2 aromatic carbocycles. The fourth-order valence-electron chi connectivity index (χ4n) is 3.66. The predicted octanol–water partition coefficient (Wildman–Crippen LogP) is 1.94. The van der Waals surface area contributed by atoms with E-state index in [0.717, 1.165) is 23.4 Å². The van der Waals surface area contributed by atoms with E-state index in [2.05, 4.69) is 17.2 Å². The van der Waals surface area contributed by atoms with Gasteiger partial charge in [-0.3, -0.25) is 4.79 Å². The van der Waals surface area contributed by atoms with E-state index in [-0.39, 0.29) is 17.4 Å². The highest BCUT2D eigenvalue weighted by Gasteiger charge is 2.29. The average molecular weight is 444 g/mol. The number of para-hydroxylation sites is 1. The number of nitrogens with zero attached hydrogens (tertiary/aromatic N) is 5. The third-order valence-corrected chi connectivity index (χ3v) is 7.33. The van der Waals surface area contributed by atoms with Gasteiger partial charge in [0.15, 0.2) is 6.61 Å². The van der Waals surface area contributed by atoms with Crippen LogP contribution in [-0.4, -0.2) is 60.5 Å². The summed E-state index contributed by atoms with van der Waals surface area (Å²) in [6, 6.07) is 13.8. The zero-order valence-corrected chi connectivity index (χ0v) is 18.3. The Morgan fingerprint density at radius 3 is 2.74 bits per heavy atom. The molecule has 0 N–H and O–H groups in total. The molecule has 4 rings (SSSR count). The molecular weight excluding hydrogens is 418 g/mol. The fraction of sp³-hybridized carbons (Fsp3) is 0.381. The van der Waals surface area contributed by atoms with Crippen molar-refractivity contribution >= 4 is 32.7 Å². The van der Waals surface area contributed by atoms with Crippen molar-refractivity contribution in [2.75, 3.05) is 31.6 Å². The number of likely N-dealkylation sites (N-methyl/N-ethyl adjacent to an activating group) is 1. The Morgan fingerprint density at radius 2 is 2.00 bits per heavy atom. The van der Waals surface area contributed by atoms with Crippen LogP contribution in [0, 0.1) is 5.92 Å². The van der Waals surface area contributed by atoms with Gasteiger partial charge in [0, 0.05) is 25.8 Å². The second-order valence-electron chi connectivity index (χ2n) is 7.79. The number of fused-ring (bicyclic) bond motifs is 1. The van der Waals surface area contributed by atoms with Gasteiger partial charge in [-0.15, -0.1) is 5.10 Å². The first-order valence-electron chi connectivity index (χ1n) is 10.2. The van der Waals surface area contributed by atoms with Crippen molar-refractivity contribution in [1.29, 1.82) is 0 Å². The minimum atomic E-state index is -3.63. The number of amides is 1. The van der Waals surface area contributed by atoms with Gasteiger partial charge in [-0.05, 0) is 54.3 Å². The smallest absolute Gasteiger partial charge is 0.267 e. The molecule has 1 aliphatic rings. The molecule has 164 valence electrons. The van der Waals surface area contributed by atoms with Gasteiger partial charge in [-0.1, -0.05) is 30.0 Å². The first kappa shape index (κ1) is 21.3. The van der Waals surface area contributed by atoms with E-state index < -0.39 is 10.0 Å². The Hall–Kier alpha value is -2.98. The van der Waals surface area contributed by atoms with E-state index >= 15 is 0 Å². The summed E-state index contributed by atoms with van der Waals surface area (Å²) in [6.07, 6.45) is 1.88. The van der Waals surface area contributed by atoms with Crippen LogP contribution in [0.1, 0.15) is 19.8 Å². The number of rotatable bonds is 6. The van der Waals surface area contributed by atoms with Gasteiger partial charge >= 0.3 is 0 Å². The Balaban J connectivity index is 1.53. The highest BCUT2D eigenvalue weighted by Crippen LogP contribution is 2.25. The SMILES string of the molecule is CC1CCCN(S(=O)(=O)c2ccc3nnn(OCC(=O)N(C)c4ccccc4)c3c2)C1. The molecule has 1 aliphatic heterocycles. The average Bonchev–Trinajstić information content (AvgIpc) is 3.20. The number of anilines is 1. The fourth-order valence-corrected chi connectivity index (χ4v) is 5.28. The minimum Gasteiger partial charge on any atom is -0.385 e. The summed E-state index contributed by atoms with van der Waals surface area (Å²) in [5, 5.41) is 7.91. The number of piperidine rings is 1. The van der Waals surface area contributed by atoms with E-state index in [0.29, 0.717) is 30.0 Å². The summed E-state index contributed by atoms with van der Waals surface area (Å²) >= 11 is 0. The molecule has 1 atom stereocenters. The van der Waals surface area contributed by atoms with Crippen LogP contribution in [-0.2, 0) is 14.8 Å². The summed E-state index contributed by atoms with van der Waals surface area (Å²) in [4.78, 5) is 20.8. The van der Waals surface area contributed by atoms with Crippen LogP contribution in [0.5, 0.6) is 0 Å². The molecule has 0 spiro atoms. The molecule has 1 aromatic heterocycles. The van der Waals surface area contributed by atoms with E-state index in [4.69, 9.17) is 4.84 Å². The molecule has 1 fully saturated rings. The van der Waals surface area contributed by atoms with Gasteiger partial charge in [0.2, 0.25) is 10.0 Å². The van der Waals surface area contributed by atoms with Crippen LogP contribution < -0.4 is 9.74 Å². The molecule has 0 bridgehead atoms. The van der Waals surface area contributed by atoms with Gasteiger partial charge in [0.25, 0.3) is 5.91 Å². The lowest BCUT2D eigenvalue weighted by Crippen LogP contribution is -2.39. The van der Waals surface area contributed by atoms with Crippen LogP contribution in [0.25, 0.3) is 11.0 Å². The number of hydrogen-bond donors (Lipinski definition) is 0. The molecule has 0 radical (unpaired) electrons. The molecule has 0 aliphatic carbocycles. The van der Waals surface area contributed by atoms with Crippen molar-refractivity contribution < 1.29 is 18.0 Å². The molecule has 1 unspecified atom stereocenters. The second-order valence-corrected chi connectivity index (χ2v) is 9.72. The number of benzene rings is 2. The molecule has 1 amide bonds. The van der Waals surface area contributed by atoms with Gasteiger partial charge in [0.05, 0.1) is 4.90 Å². The third kappa shape index (κ3) is 4.40. The van der Waals surface area contributed by atoms with Crippen molar-refractivity contribution in [1.82, 2.24) is 19.5 Å². The van der Waals surface area contributed by atoms with Crippen molar-refractivity contribution in [2.24, 2.45) is 5.92 Å². The zero-order chi connectivity index (χ0) is 22.0. The molecule has 3 aromatic rings. The van der Waals surface area contributed by atoms with Crippen molar-refractivity contribution in [2.45, 2.75) is 24.7 Å². The van der Waals surface area contributed by atoms with Crippen LogP contribution in [0.3, 0.4) is 0 Å². The van der Waals surface area contributed by atoms with Crippen LogP contribution in [0.2, 0.25) is 0 Å². The number of sulfonamides is 1. The normalized spacial score (nSPS) is 17.5. The van der Waals surface area contributed by atoms with Gasteiger partial charge < -0.3 is 9.74 Å². The summed E-state index contributed by atoms with van der Waals surface area (Å²) in [5.74, 6) is 0.0522. The molecule has 10 heteroatoms. The molecule has 2 heterocycles. The maximum atomic E-state index is 13.1. The van der Waals surface area contributed by atoms with Crippen molar-refractivity contribution in [3.05, 3.63) is 48.5 Å². The highest BCUT2D eigenvalue weighted by molar-refractivity contribution is 7.89. The molecule has 0 saturated carbocycles. The largest absolute Gasteiger partial charge is 0.385 e. The quantitative estimate of drug-likeness (QED) is 0.578. The van der Waals surface area contributed by atoms with Crippen LogP contribution >= 0.6 is 0 Å². The first-order valence-corrected chi connectivity index (χ1v) is 11.6. The van der Waals surface area contributed by atoms with E-state index in [1.54, 1.807) is 13.1 Å². The Labute approximate surface area is 181 Å². The van der Waals surface area contributed by atoms with Gasteiger partial charge in [-0.2, -0.15) is 4.31 Å². The van der Waals surface area contributed by atoms with E-state index in [1.807, 2.05) is 30.3 Å². The van der Waals surface area contributed by atoms with Gasteiger partial charge in [-0.25, -0.2) is 8.42 Å². The summed E-state index contributed by atoms with van der Waals surface area (Å²) in [7, 11) is -1.97. The number of carbonyl (C=O) groups is 1. The zero-order valence-electron chi connectivity index (χ0n) is 17.5. The van der Waals surface area contributed by atoms with Crippen LogP contribution in [0.4, 0.5) is 5.69 Å². The molecular formula is C21H25N5O4S. The monoisotopic (exact) mass is 443 g/mol.